The highest BCUT2D eigenvalue weighted by atomic mass is 14.7. The van der Waals surface area contributed by atoms with E-state index < -0.39 is 0 Å². The lowest BCUT2D eigenvalue weighted by Gasteiger charge is -2.13. The molecule has 0 bridgehead atoms. The first-order valence-corrected chi connectivity index (χ1v) is 8.72. The van der Waals surface area contributed by atoms with Gasteiger partial charge in [0.1, 0.15) is 0 Å². The summed E-state index contributed by atoms with van der Waals surface area (Å²) in [6.45, 7) is 4.06. The van der Waals surface area contributed by atoms with Gasteiger partial charge in [0.05, 0.1) is 0 Å². The predicted molar refractivity (Wildman–Crippen MR) is 108 cm³/mol. The highest BCUT2D eigenvalue weighted by Gasteiger charge is 2.08. The van der Waals surface area contributed by atoms with Crippen LogP contribution in [-0.2, 0) is 6.42 Å². The summed E-state index contributed by atoms with van der Waals surface area (Å²) >= 11 is 0. The molecule has 0 amide bonds. The first kappa shape index (κ1) is 17.2. The lowest BCUT2D eigenvalue weighted by Crippen LogP contribution is -2.36. The van der Waals surface area contributed by atoms with Crippen LogP contribution in [0.4, 0.5) is 0 Å². The average Bonchev–Trinajstić information content (AvgIpc) is 2.61. The first-order valence-electron chi connectivity index (χ1n) is 8.72. The van der Waals surface area contributed by atoms with E-state index in [1.165, 1.54) is 27.1 Å². The van der Waals surface area contributed by atoms with E-state index in [0.717, 1.165) is 6.42 Å². The second-order valence-electron chi connectivity index (χ2n) is 7.06. The summed E-state index contributed by atoms with van der Waals surface area (Å²) in [7, 11) is 0. The number of benzene rings is 3. The molecule has 0 aromatic heterocycles. The molecule has 0 saturated heterocycles. The average molecular weight is 327 g/mol. The molecule has 0 heterocycles. The fraction of sp³-hybridized carbons (Fsp3) is 0.167. The third-order valence-corrected chi connectivity index (χ3v) is 4.16. The number of nitrogens with two attached hydrogens (primary N) is 1. The minimum absolute atomic E-state index is 0.356. The van der Waals surface area contributed by atoms with Gasteiger partial charge in [0.15, 0.2) is 0 Å². The van der Waals surface area contributed by atoms with E-state index >= 15 is 0 Å². The van der Waals surface area contributed by atoms with Crippen LogP contribution in [0, 0.1) is 0 Å². The third kappa shape index (κ3) is 4.68. The van der Waals surface area contributed by atoms with E-state index in [1.807, 2.05) is 13.8 Å². The van der Waals surface area contributed by atoms with E-state index in [-0.39, 0.29) is 5.54 Å². The minimum atomic E-state index is -0.356. The Morgan fingerprint density at radius 2 is 1.36 bits per heavy atom. The van der Waals surface area contributed by atoms with Gasteiger partial charge >= 0.3 is 0 Å². The van der Waals surface area contributed by atoms with Crippen molar-refractivity contribution in [1.29, 1.82) is 0 Å². The largest absolute Gasteiger partial charge is 0.322 e. The molecule has 0 atom stereocenters. The lowest BCUT2D eigenvalue weighted by molar-refractivity contribution is 0.693. The SMILES string of the molecule is CC(C)(N)/C=c1/cccc/c1=C(/Cc1ccccc1)c1ccccc1. The van der Waals surface area contributed by atoms with Crippen molar-refractivity contribution in [2.45, 2.75) is 25.8 Å². The van der Waals surface area contributed by atoms with Crippen LogP contribution in [0.2, 0.25) is 0 Å². The molecule has 0 aliphatic carbocycles. The third-order valence-electron chi connectivity index (χ3n) is 4.16. The molecule has 0 aliphatic rings. The van der Waals surface area contributed by atoms with Gasteiger partial charge in [-0.05, 0) is 47.4 Å². The quantitative estimate of drug-likeness (QED) is 0.778. The van der Waals surface area contributed by atoms with Crippen molar-refractivity contribution in [2.75, 3.05) is 0 Å². The lowest BCUT2D eigenvalue weighted by atomic mass is 9.94. The fourth-order valence-electron chi connectivity index (χ4n) is 3.09. The molecule has 3 aromatic carbocycles. The van der Waals surface area contributed by atoms with E-state index in [4.69, 9.17) is 5.73 Å². The standard InChI is InChI=1S/C24H25N/c1-24(2,25)18-21-15-9-10-16-22(21)23(20-13-7-4-8-14-20)17-19-11-5-3-6-12-19/h3-16,18H,17,25H2,1-2H3/b21-18-,23-22+. The molecular formula is C24H25N. The molecule has 0 unspecified atom stereocenters. The van der Waals surface area contributed by atoms with Crippen molar-refractivity contribution in [1.82, 2.24) is 0 Å². The van der Waals surface area contributed by atoms with Gasteiger partial charge in [0.25, 0.3) is 0 Å². The van der Waals surface area contributed by atoms with Crippen LogP contribution in [0.1, 0.15) is 25.0 Å². The van der Waals surface area contributed by atoms with Crippen LogP contribution < -0.4 is 16.2 Å². The normalized spacial score (nSPS) is 13.6. The molecule has 1 nitrogen and oxygen atoms in total. The number of hydrogen-bond acceptors (Lipinski definition) is 1. The zero-order valence-corrected chi connectivity index (χ0v) is 14.9. The molecule has 0 radical (unpaired) electrons. The van der Waals surface area contributed by atoms with Crippen molar-refractivity contribution in [3.63, 3.8) is 0 Å². The molecule has 3 rings (SSSR count). The summed E-state index contributed by atoms with van der Waals surface area (Å²) in [6.07, 6.45) is 3.04. The maximum Gasteiger partial charge on any atom is 0.0290 e. The Morgan fingerprint density at radius 3 is 2.00 bits per heavy atom. The van der Waals surface area contributed by atoms with Crippen molar-refractivity contribution in [2.24, 2.45) is 5.73 Å². The summed E-state index contributed by atoms with van der Waals surface area (Å²) < 4.78 is 0. The van der Waals surface area contributed by atoms with Crippen LogP contribution in [0.3, 0.4) is 0 Å². The van der Waals surface area contributed by atoms with E-state index in [9.17, 15) is 0 Å². The molecule has 0 spiro atoms. The van der Waals surface area contributed by atoms with Crippen molar-refractivity contribution < 1.29 is 0 Å². The Labute approximate surface area is 150 Å². The monoisotopic (exact) mass is 327 g/mol. The highest BCUT2D eigenvalue weighted by molar-refractivity contribution is 5.68. The number of rotatable bonds is 4. The molecule has 0 saturated carbocycles. The molecule has 2 N–H and O–H groups in total. The van der Waals surface area contributed by atoms with Crippen LogP contribution in [0.15, 0.2) is 84.9 Å². The van der Waals surface area contributed by atoms with Crippen molar-refractivity contribution >= 4 is 11.6 Å². The summed E-state index contributed by atoms with van der Waals surface area (Å²) in [5.74, 6) is 0. The number of hydrogen-bond donors (Lipinski definition) is 1. The second-order valence-corrected chi connectivity index (χ2v) is 7.06. The van der Waals surface area contributed by atoms with Crippen molar-refractivity contribution in [3.05, 3.63) is 106 Å². The van der Waals surface area contributed by atoms with Gasteiger partial charge in [-0.1, -0.05) is 91.0 Å². The minimum Gasteiger partial charge on any atom is -0.322 e. The topological polar surface area (TPSA) is 26.0 Å². The molecule has 3 aromatic rings. The molecule has 1 heteroatoms. The Balaban J connectivity index is 2.29. The van der Waals surface area contributed by atoms with E-state index in [0.29, 0.717) is 0 Å². The Bertz CT molecular complexity index is 933. The molecule has 126 valence electrons. The smallest absolute Gasteiger partial charge is 0.0290 e. The fourth-order valence-corrected chi connectivity index (χ4v) is 3.09. The molecule has 0 fully saturated rings. The van der Waals surface area contributed by atoms with Gasteiger partial charge in [-0.2, -0.15) is 0 Å². The summed E-state index contributed by atoms with van der Waals surface area (Å²) in [6, 6.07) is 29.8. The van der Waals surface area contributed by atoms with Crippen LogP contribution >= 0.6 is 0 Å². The van der Waals surface area contributed by atoms with Crippen LogP contribution in [0.25, 0.3) is 11.6 Å². The van der Waals surface area contributed by atoms with Crippen LogP contribution in [0.5, 0.6) is 0 Å². The zero-order chi connectivity index (χ0) is 17.7. The van der Waals surface area contributed by atoms with E-state index in [1.54, 1.807) is 0 Å². The van der Waals surface area contributed by atoms with Gasteiger partial charge in [0.2, 0.25) is 0 Å². The van der Waals surface area contributed by atoms with Gasteiger partial charge < -0.3 is 5.73 Å². The second kappa shape index (κ2) is 7.50. The van der Waals surface area contributed by atoms with E-state index in [2.05, 4.69) is 91.0 Å². The summed E-state index contributed by atoms with van der Waals surface area (Å²) in [4.78, 5) is 0. The Hall–Kier alpha value is -2.64. The maximum absolute atomic E-state index is 6.26. The van der Waals surface area contributed by atoms with Gasteiger partial charge in [-0.15, -0.1) is 0 Å². The maximum atomic E-state index is 6.26. The molecular weight excluding hydrogens is 302 g/mol. The first-order chi connectivity index (χ1) is 12.0. The van der Waals surface area contributed by atoms with Gasteiger partial charge in [0, 0.05) is 5.54 Å². The highest BCUT2D eigenvalue weighted by Crippen LogP contribution is 2.16. The molecule has 25 heavy (non-hydrogen) atoms. The summed E-state index contributed by atoms with van der Waals surface area (Å²) in [5, 5.41) is 2.43. The van der Waals surface area contributed by atoms with Crippen LogP contribution in [-0.4, -0.2) is 5.54 Å². The summed E-state index contributed by atoms with van der Waals surface area (Å²) in [5.41, 5.74) is 9.79. The van der Waals surface area contributed by atoms with Gasteiger partial charge in [-0.3, -0.25) is 0 Å². The Kier molecular flexibility index (Phi) is 5.16. The molecule has 0 aliphatic heterocycles. The van der Waals surface area contributed by atoms with Crippen molar-refractivity contribution in [3.8, 4) is 0 Å². The van der Waals surface area contributed by atoms with Gasteiger partial charge in [-0.25, -0.2) is 0 Å². The predicted octanol–water partition coefficient (Wildman–Crippen LogP) is 3.65. The zero-order valence-electron chi connectivity index (χ0n) is 14.9. The Morgan fingerprint density at radius 1 is 0.800 bits per heavy atom.